The van der Waals surface area contributed by atoms with Crippen LogP contribution in [0.4, 0.5) is 5.69 Å². The molecule has 25 heavy (non-hydrogen) atoms. The first kappa shape index (κ1) is 17.6. The SMILES string of the molecule is Cc1ccc2c(c1)N(C)/C(=C/C=C/c1oc3ccccc3[n+]1C)S2.[Cl-]. The molecule has 1 aliphatic rings. The van der Waals surface area contributed by atoms with E-state index >= 15 is 0 Å². The first-order valence-corrected chi connectivity index (χ1v) is 8.73. The number of anilines is 1. The monoisotopic (exact) mass is 370 g/mol. The summed E-state index contributed by atoms with van der Waals surface area (Å²) in [5.74, 6) is 0.840. The maximum atomic E-state index is 5.89. The lowest BCUT2D eigenvalue weighted by molar-refractivity contribution is -0.652. The second-order valence-corrected chi connectivity index (χ2v) is 7.03. The average molecular weight is 371 g/mol. The number of allylic oxidation sites excluding steroid dienone is 2. The third-order valence-corrected chi connectivity index (χ3v) is 5.45. The van der Waals surface area contributed by atoms with Crippen LogP contribution in [-0.4, -0.2) is 7.05 Å². The Labute approximate surface area is 158 Å². The van der Waals surface area contributed by atoms with Crippen LogP contribution in [0.3, 0.4) is 0 Å². The van der Waals surface area contributed by atoms with Crippen LogP contribution < -0.4 is 21.9 Å². The van der Waals surface area contributed by atoms with Gasteiger partial charge in [-0.3, -0.25) is 0 Å². The number of hydrogen-bond acceptors (Lipinski definition) is 3. The van der Waals surface area contributed by atoms with Crippen molar-refractivity contribution in [3.8, 4) is 0 Å². The molecule has 3 nitrogen and oxygen atoms in total. The highest BCUT2D eigenvalue weighted by molar-refractivity contribution is 8.03. The van der Waals surface area contributed by atoms with Gasteiger partial charge in [-0.05, 0) is 42.8 Å². The first-order chi connectivity index (χ1) is 11.6. The average Bonchev–Trinajstić information content (AvgIpc) is 3.07. The molecule has 4 rings (SSSR count). The van der Waals surface area contributed by atoms with Crippen LogP contribution in [0.5, 0.6) is 0 Å². The molecule has 0 N–H and O–H groups in total. The zero-order chi connectivity index (χ0) is 16.7. The van der Waals surface area contributed by atoms with Gasteiger partial charge in [0.05, 0.1) is 16.8 Å². The quantitative estimate of drug-likeness (QED) is 0.640. The lowest BCUT2D eigenvalue weighted by Gasteiger charge is -2.13. The number of rotatable bonds is 2. The van der Waals surface area contributed by atoms with Crippen LogP contribution in [0.15, 0.2) is 69.0 Å². The maximum Gasteiger partial charge on any atom is 0.373 e. The molecule has 0 bridgehead atoms. The number of oxazole rings is 1. The summed E-state index contributed by atoms with van der Waals surface area (Å²) in [5, 5.41) is 1.21. The minimum atomic E-state index is 0. The van der Waals surface area contributed by atoms with Crippen LogP contribution in [0, 0.1) is 6.92 Å². The molecule has 0 atom stereocenters. The van der Waals surface area contributed by atoms with Gasteiger partial charge in [0.25, 0.3) is 5.52 Å². The minimum absolute atomic E-state index is 0. The van der Waals surface area contributed by atoms with E-state index in [0.717, 1.165) is 17.0 Å². The number of aryl methyl sites for hydroxylation is 2. The molecular weight excluding hydrogens is 352 g/mol. The number of benzene rings is 2. The molecule has 2 heterocycles. The van der Waals surface area contributed by atoms with Crippen LogP contribution in [0.25, 0.3) is 17.2 Å². The Morgan fingerprint density at radius 2 is 1.96 bits per heavy atom. The van der Waals surface area contributed by atoms with Crippen molar-refractivity contribution in [3.05, 3.63) is 71.1 Å². The summed E-state index contributed by atoms with van der Waals surface area (Å²) in [6.07, 6.45) is 6.19. The molecular formula is C20H19ClN2OS. The molecule has 3 aromatic rings. The van der Waals surface area contributed by atoms with E-state index in [1.807, 2.05) is 31.3 Å². The predicted molar refractivity (Wildman–Crippen MR) is 99.9 cm³/mol. The predicted octanol–water partition coefficient (Wildman–Crippen LogP) is 1.67. The molecule has 128 valence electrons. The maximum absolute atomic E-state index is 5.89. The van der Waals surface area contributed by atoms with E-state index < -0.39 is 0 Å². The van der Waals surface area contributed by atoms with Crippen molar-refractivity contribution >= 4 is 34.6 Å². The van der Waals surface area contributed by atoms with Crippen LogP contribution >= 0.6 is 11.8 Å². The van der Waals surface area contributed by atoms with Gasteiger partial charge in [0.2, 0.25) is 5.58 Å². The van der Waals surface area contributed by atoms with Crippen molar-refractivity contribution in [3.63, 3.8) is 0 Å². The summed E-state index contributed by atoms with van der Waals surface area (Å²) in [4.78, 5) is 3.53. The largest absolute Gasteiger partial charge is 1.00 e. The fourth-order valence-corrected chi connectivity index (χ4v) is 3.94. The third-order valence-electron chi connectivity index (χ3n) is 4.27. The van der Waals surface area contributed by atoms with E-state index in [4.69, 9.17) is 4.42 Å². The molecule has 0 aliphatic carbocycles. The summed E-state index contributed by atoms with van der Waals surface area (Å²) in [5.41, 5.74) is 4.56. The second-order valence-electron chi connectivity index (χ2n) is 5.96. The molecule has 1 aliphatic heterocycles. The Morgan fingerprint density at radius 3 is 2.76 bits per heavy atom. The minimum Gasteiger partial charge on any atom is -1.00 e. The molecule has 0 saturated heterocycles. The third kappa shape index (κ3) is 3.20. The van der Waals surface area contributed by atoms with Crippen molar-refractivity contribution in [1.82, 2.24) is 0 Å². The number of halogens is 1. The zero-order valence-electron chi connectivity index (χ0n) is 14.4. The summed E-state index contributed by atoms with van der Waals surface area (Å²) in [7, 11) is 4.13. The highest BCUT2D eigenvalue weighted by atomic mass is 35.5. The Bertz CT molecular complexity index is 991. The molecule has 0 fully saturated rings. The van der Waals surface area contributed by atoms with Gasteiger partial charge >= 0.3 is 5.89 Å². The van der Waals surface area contributed by atoms with Gasteiger partial charge in [-0.15, -0.1) is 0 Å². The Kier molecular flexibility index (Phi) is 4.93. The number of fused-ring (bicyclic) bond motifs is 2. The van der Waals surface area contributed by atoms with Crippen molar-refractivity contribution in [2.24, 2.45) is 7.05 Å². The molecule has 0 saturated carbocycles. The molecule has 0 unspecified atom stereocenters. The Hall–Kier alpha value is -2.17. The summed E-state index contributed by atoms with van der Waals surface area (Å²) in [6.45, 7) is 2.13. The first-order valence-electron chi connectivity index (χ1n) is 7.91. The van der Waals surface area contributed by atoms with Gasteiger partial charge in [0.1, 0.15) is 7.05 Å². The fraction of sp³-hybridized carbons (Fsp3) is 0.150. The molecule has 0 radical (unpaired) electrons. The Balaban J connectivity index is 0.00000182. The van der Waals surface area contributed by atoms with Crippen molar-refractivity contribution < 1.29 is 21.4 Å². The highest BCUT2D eigenvalue weighted by Crippen LogP contribution is 2.45. The molecule has 2 aromatic carbocycles. The summed E-state index contributed by atoms with van der Waals surface area (Å²) in [6, 6.07) is 14.6. The number of aromatic nitrogens is 1. The van der Waals surface area contributed by atoms with Gasteiger partial charge in [0, 0.05) is 18.0 Å². The molecule has 0 amide bonds. The Morgan fingerprint density at radius 1 is 1.16 bits per heavy atom. The highest BCUT2D eigenvalue weighted by Gasteiger charge is 2.21. The van der Waals surface area contributed by atoms with Crippen LogP contribution in [0.2, 0.25) is 0 Å². The normalized spacial score (nSPS) is 15.2. The van der Waals surface area contributed by atoms with E-state index in [2.05, 4.69) is 59.9 Å². The zero-order valence-corrected chi connectivity index (χ0v) is 15.9. The van der Waals surface area contributed by atoms with Crippen LogP contribution in [0.1, 0.15) is 11.5 Å². The second kappa shape index (κ2) is 6.98. The van der Waals surface area contributed by atoms with E-state index in [-0.39, 0.29) is 12.4 Å². The van der Waals surface area contributed by atoms with E-state index in [1.165, 1.54) is 21.2 Å². The van der Waals surface area contributed by atoms with Crippen LogP contribution in [-0.2, 0) is 7.05 Å². The van der Waals surface area contributed by atoms with Gasteiger partial charge in [-0.2, -0.15) is 4.57 Å². The number of nitrogens with zero attached hydrogens (tertiary/aromatic N) is 2. The van der Waals surface area contributed by atoms with E-state index in [1.54, 1.807) is 11.8 Å². The lowest BCUT2D eigenvalue weighted by atomic mass is 10.2. The number of hydrogen-bond donors (Lipinski definition) is 0. The van der Waals surface area contributed by atoms with Crippen molar-refractivity contribution in [2.75, 3.05) is 11.9 Å². The number of para-hydroxylation sites is 2. The van der Waals surface area contributed by atoms with Gasteiger partial charge in [-0.25, -0.2) is 0 Å². The van der Waals surface area contributed by atoms with Crippen molar-refractivity contribution in [2.45, 2.75) is 11.8 Å². The molecule has 1 aromatic heterocycles. The van der Waals surface area contributed by atoms with Crippen molar-refractivity contribution in [1.29, 1.82) is 0 Å². The topological polar surface area (TPSA) is 20.3 Å². The lowest BCUT2D eigenvalue weighted by Crippen LogP contribution is -3.00. The standard InChI is InChI=1S/C20H19N2OS.ClH/c1-14-11-12-18-16(13-14)22(3)20(24-18)10-6-9-19-21(2)15-7-4-5-8-17(15)23-19;/h4-13H,1-3H3;1H/q+1;/p-1. The summed E-state index contributed by atoms with van der Waals surface area (Å²) < 4.78 is 7.96. The fourth-order valence-electron chi connectivity index (χ4n) is 2.90. The van der Waals surface area contributed by atoms with Gasteiger partial charge in [-0.1, -0.05) is 30.0 Å². The number of thioether (sulfide) groups is 1. The summed E-state index contributed by atoms with van der Waals surface area (Å²) >= 11 is 1.80. The van der Waals surface area contributed by atoms with Gasteiger partial charge < -0.3 is 21.7 Å². The molecule has 0 spiro atoms. The van der Waals surface area contributed by atoms with E-state index in [9.17, 15) is 0 Å². The van der Waals surface area contributed by atoms with E-state index in [0.29, 0.717) is 0 Å². The van der Waals surface area contributed by atoms with Gasteiger partial charge in [0.15, 0.2) is 0 Å². The smallest absolute Gasteiger partial charge is 0.373 e. The molecule has 5 heteroatoms.